The van der Waals surface area contributed by atoms with Gasteiger partial charge in [-0.2, -0.15) is 0 Å². The minimum atomic E-state index is -0.351. The van der Waals surface area contributed by atoms with Gasteiger partial charge in [-0.3, -0.25) is 19.1 Å². The lowest BCUT2D eigenvalue weighted by molar-refractivity contribution is -0.132. The maximum absolute atomic E-state index is 13.3. The van der Waals surface area contributed by atoms with Gasteiger partial charge in [-0.1, -0.05) is 0 Å². The molecule has 0 aromatic carbocycles. The molecule has 1 saturated heterocycles. The first-order valence-corrected chi connectivity index (χ1v) is 11.2. The molecule has 2 bridgehead atoms. The van der Waals surface area contributed by atoms with Crippen LogP contribution in [-0.4, -0.2) is 63.9 Å². The standard InChI is InChI=1S/C21H25BrN4O4/c22-14-7-15-18(28)16(8-17(27)24-21-9-13(10-21)11-21)20(29)26(19(15)23-12-14)2-1-25-3-5-30-6-4-25/h7,12-13,28H,1-6,8-11H2,(H,24,27). The minimum Gasteiger partial charge on any atom is -0.507 e. The van der Waals surface area contributed by atoms with E-state index in [1.54, 1.807) is 16.8 Å². The van der Waals surface area contributed by atoms with E-state index in [0.717, 1.165) is 38.3 Å². The molecule has 3 heterocycles. The summed E-state index contributed by atoms with van der Waals surface area (Å²) < 4.78 is 7.67. The van der Waals surface area contributed by atoms with Gasteiger partial charge < -0.3 is 15.2 Å². The molecule has 6 rings (SSSR count). The van der Waals surface area contributed by atoms with Crippen LogP contribution in [0.5, 0.6) is 5.75 Å². The summed E-state index contributed by atoms with van der Waals surface area (Å²) in [5, 5.41) is 14.4. The number of nitrogens with zero attached hydrogens (tertiary/aromatic N) is 3. The molecule has 30 heavy (non-hydrogen) atoms. The number of hydrogen-bond donors (Lipinski definition) is 2. The number of rotatable bonds is 6. The monoisotopic (exact) mass is 476 g/mol. The summed E-state index contributed by atoms with van der Waals surface area (Å²) in [4.78, 5) is 32.6. The molecular weight excluding hydrogens is 452 g/mol. The molecule has 160 valence electrons. The molecule has 2 N–H and O–H groups in total. The quantitative estimate of drug-likeness (QED) is 0.654. The molecular formula is C21H25BrN4O4. The number of ether oxygens (including phenoxy) is 1. The van der Waals surface area contributed by atoms with Gasteiger partial charge in [0.05, 0.1) is 30.6 Å². The van der Waals surface area contributed by atoms with Crippen molar-refractivity contribution in [2.45, 2.75) is 37.8 Å². The molecule has 0 spiro atoms. The van der Waals surface area contributed by atoms with E-state index >= 15 is 0 Å². The van der Waals surface area contributed by atoms with Crippen molar-refractivity contribution < 1.29 is 14.6 Å². The topological polar surface area (TPSA) is 96.7 Å². The zero-order chi connectivity index (χ0) is 20.9. The third-order valence-electron chi connectivity index (χ3n) is 6.66. The van der Waals surface area contributed by atoms with E-state index in [0.29, 0.717) is 41.8 Å². The summed E-state index contributed by atoms with van der Waals surface area (Å²) in [6, 6.07) is 1.74. The highest BCUT2D eigenvalue weighted by Gasteiger charge is 2.57. The normalized spacial score (nSPS) is 25.6. The molecule has 3 saturated carbocycles. The predicted octanol–water partition coefficient (Wildman–Crippen LogP) is 1.41. The first-order valence-electron chi connectivity index (χ1n) is 10.5. The lowest BCUT2D eigenvalue weighted by Crippen LogP contribution is -2.68. The fourth-order valence-corrected chi connectivity index (χ4v) is 5.24. The van der Waals surface area contributed by atoms with E-state index in [1.165, 1.54) is 0 Å². The Morgan fingerprint density at radius 1 is 1.30 bits per heavy atom. The number of fused-ring (bicyclic) bond motifs is 1. The zero-order valence-electron chi connectivity index (χ0n) is 16.7. The number of morpholine rings is 1. The number of hydrogen-bond acceptors (Lipinski definition) is 6. The van der Waals surface area contributed by atoms with E-state index in [1.807, 2.05) is 0 Å². The van der Waals surface area contributed by atoms with Crippen LogP contribution in [0.3, 0.4) is 0 Å². The van der Waals surface area contributed by atoms with E-state index in [9.17, 15) is 14.7 Å². The van der Waals surface area contributed by atoms with Crippen molar-refractivity contribution in [3.05, 3.63) is 32.7 Å². The Morgan fingerprint density at radius 2 is 2.03 bits per heavy atom. The summed E-state index contributed by atoms with van der Waals surface area (Å²) in [6.07, 6.45) is 4.58. The molecule has 9 heteroatoms. The van der Waals surface area contributed by atoms with Gasteiger partial charge in [0.25, 0.3) is 5.56 Å². The number of aromatic hydroxyl groups is 1. The molecule has 3 aliphatic carbocycles. The molecule has 0 radical (unpaired) electrons. The van der Waals surface area contributed by atoms with Crippen LogP contribution in [0.15, 0.2) is 21.5 Å². The first-order chi connectivity index (χ1) is 14.4. The highest BCUT2D eigenvalue weighted by atomic mass is 79.9. The average molecular weight is 477 g/mol. The van der Waals surface area contributed by atoms with Crippen molar-refractivity contribution in [2.75, 3.05) is 32.8 Å². The minimum absolute atomic E-state index is 0.0614. The van der Waals surface area contributed by atoms with E-state index in [-0.39, 0.29) is 34.7 Å². The smallest absolute Gasteiger partial charge is 0.259 e. The fraction of sp³-hybridized carbons (Fsp3) is 0.571. The number of amides is 1. The van der Waals surface area contributed by atoms with Crippen LogP contribution in [-0.2, 0) is 22.5 Å². The number of pyridine rings is 2. The van der Waals surface area contributed by atoms with Crippen molar-refractivity contribution in [1.82, 2.24) is 19.8 Å². The Bertz CT molecular complexity index is 1050. The van der Waals surface area contributed by atoms with Crippen molar-refractivity contribution in [1.29, 1.82) is 0 Å². The summed E-state index contributed by atoms with van der Waals surface area (Å²) >= 11 is 3.39. The molecule has 4 fully saturated rings. The molecule has 2 aromatic heterocycles. The highest BCUT2D eigenvalue weighted by molar-refractivity contribution is 9.10. The van der Waals surface area contributed by atoms with Gasteiger partial charge in [0.1, 0.15) is 11.4 Å². The van der Waals surface area contributed by atoms with Gasteiger partial charge in [0.15, 0.2) is 0 Å². The van der Waals surface area contributed by atoms with Crippen molar-refractivity contribution >= 4 is 32.9 Å². The number of halogens is 1. The summed E-state index contributed by atoms with van der Waals surface area (Å²) in [7, 11) is 0. The van der Waals surface area contributed by atoms with Gasteiger partial charge in [-0.05, 0) is 47.2 Å². The third-order valence-corrected chi connectivity index (χ3v) is 7.09. The second-order valence-electron chi connectivity index (χ2n) is 8.75. The Hall–Kier alpha value is -1.97. The van der Waals surface area contributed by atoms with Gasteiger partial charge in [0, 0.05) is 42.4 Å². The van der Waals surface area contributed by atoms with E-state index in [4.69, 9.17) is 4.74 Å². The van der Waals surface area contributed by atoms with Crippen LogP contribution in [0.4, 0.5) is 0 Å². The van der Waals surface area contributed by atoms with Gasteiger partial charge >= 0.3 is 0 Å². The molecule has 2 aromatic rings. The third kappa shape index (κ3) is 3.52. The SMILES string of the molecule is O=C(Cc1c(O)c2cc(Br)cnc2n(CCN2CCOCC2)c1=O)NC12CC(C1)C2. The van der Waals surface area contributed by atoms with Crippen molar-refractivity contribution in [2.24, 2.45) is 5.92 Å². The Labute approximate surface area is 182 Å². The van der Waals surface area contributed by atoms with Crippen LogP contribution in [0.1, 0.15) is 24.8 Å². The molecule has 0 atom stereocenters. The lowest BCUT2D eigenvalue weighted by atomic mass is 9.50. The van der Waals surface area contributed by atoms with Gasteiger partial charge in [-0.25, -0.2) is 4.98 Å². The Morgan fingerprint density at radius 3 is 2.70 bits per heavy atom. The van der Waals surface area contributed by atoms with Gasteiger partial charge in [0.2, 0.25) is 5.91 Å². The molecule has 4 aliphatic rings. The van der Waals surface area contributed by atoms with Crippen molar-refractivity contribution in [3.63, 3.8) is 0 Å². The van der Waals surface area contributed by atoms with Crippen LogP contribution in [0.2, 0.25) is 0 Å². The number of aromatic nitrogens is 2. The molecule has 8 nitrogen and oxygen atoms in total. The maximum Gasteiger partial charge on any atom is 0.259 e. The van der Waals surface area contributed by atoms with E-state index < -0.39 is 0 Å². The molecule has 1 aliphatic heterocycles. The average Bonchev–Trinajstić information content (AvgIpc) is 2.68. The predicted molar refractivity (Wildman–Crippen MR) is 115 cm³/mol. The molecule has 1 amide bonds. The largest absolute Gasteiger partial charge is 0.507 e. The Kier molecular flexibility index (Phi) is 5.07. The van der Waals surface area contributed by atoms with Crippen LogP contribution >= 0.6 is 15.9 Å². The highest BCUT2D eigenvalue weighted by Crippen LogP contribution is 2.56. The van der Waals surface area contributed by atoms with Gasteiger partial charge in [-0.15, -0.1) is 0 Å². The van der Waals surface area contributed by atoms with Crippen LogP contribution in [0.25, 0.3) is 11.0 Å². The molecule has 0 unspecified atom stereocenters. The number of carbonyl (C=O) groups excluding carboxylic acids is 1. The Balaban J connectivity index is 1.45. The van der Waals surface area contributed by atoms with Crippen LogP contribution in [0, 0.1) is 5.92 Å². The zero-order valence-corrected chi connectivity index (χ0v) is 18.3. The first kappa shape index (κ1) is 20.0. The second kappa shape index (κ2) is 7.62. The van der Waals surface area contributed by atoms with E-state index in [2.05, 4.69) is 31.1 Å². The summed E-state index contributed by atoms with van der Waals surface area (Å²) in [6.45, 7) is 4.13. The van der Waals surface area contributed by atoms with Crippen LogP contribution < -0.4 is 10.9 Å². The second-order valence-corrected chi connectivity index (χ2v) is 9.66. The number of nitrogens with one attached hydrogen (secondary N) is 1. The van der Waals surface area contributed by atoms with Crippen molar-refractivity contribution in [3.8, 4) is 5.75 Å². The maximum atomic E-state index is 13.3. The summed E-state index contributed by atoms with van der Waals surface area (Å²) in [5.41, 5.74) is 0.149. The lowest BCUT2D eigenvalue weighted by Gasteiger charge is -2.61. The fourth-order valence-electron chi connectivity index (χ4n) is 4.91. The summed E-state index contributed by atoms with van der Waals surface area (Å²) in [5.74, 6) is 0.391. The number of carbonyl (C=O) groups is 1.